The van der Waals surface area contributed by atoms with E-state index < -0.39 is 30.4 Å². The SMILES string of the molecule is Cc1cccc(S(=O)(=O)O)c1C.Cc1ccccc1S(=O)(=O)O.O=S(=O)(O)c1ccccc1. The molecular weight excluding hydrogens is 492 g/mol. The molecule has 3 aromatic rings. The van der Waals surface area contributed by atoms with Crippen molar-refractivity contribution in [2.24, 2.45) is 0 Å². The van der Waals surface area contributed by atoms with Crippen molar-refractivity contribution < 1.29 is 38.9 Å². The molecule has 12 heteroatoms. The highest BCUT2D eigenvalue weighted by Gasteiger charge is 2.13. The van der Waals surface area contributed by atoms with Gasteiger partial charge in [-0.25, -0.2) is 0 Å². The van der Waals surface area contributed by atoms with Crippen LogP contribution in [-0.4, -0.2) is 38.9 Å². The summed E-state index contributed by atoms with van der Waals surface area (Å²) in [5.74, 6) is 0. The second-order valence-electron chi connectivity index (χ2n) is 6.70. The number of hydrogen-bond donors (Lipinski definition) is 3. The Balaban J connectivity index is 0.000000249. The van der Waals surface area contributed by atoms with E-state index in [1.165, 1.54) is 24.3 Å². The van der Waals surface area contributed by atoms with E-state index in [0.717, 1.165) is 5.56 Å². The average Bonchev–Trinajstić information content (AvgIpc) is 2.70. The third kappa shape index (κ3) is 9.42. The molecule has 0 aromatic heterocycles. The van der Waals surface area contributed by atoms with Crippen molar-refractivity contribution >= 4 is 30.4 Å². The van der Waals surface area contributed by atoms with Gasteiger partial charge in [-0.3, -0.25) is 13.7 Å². The molecule has 9 nitrogen and oxygen atoms in total. The Kier molecular flexibility index (Phi) is 9.90. The minimum Gasteiger partial charge on any atom is -0.282 e. The summed E-state index contributed by atoms with van der Waals surface area (Å²) >= 11 is 0. The molecule has 0 radical (unpaired) electrons. The number of rotatable bonds is 3. The summed E-state index contributed by atoms with van der Waals surface area (Å²) in [7, 11) is -12.1. The van der Waals surface area contributed by atoms with Crippen molar-refractivity contribution in [1.82, 2.24) is 0 Å². The van der Waals surface area contributed by atoms with E-state index in [4.69, 9.17) is 13.7 Å². The lowest BCUT2D eigenvalue weighted by atomic mass is 10.1. The Hall–Kier alpha value is -2.61. The van der Waals surface area contributed by atoms with E-state index in [9.17, 15) is 25.3 Å². The maximum absolute atomic E-state index is 10.8. The van der Waals surface area contributed by atoms with Gasteiger partial charge in [0.25, 0.3) is 30.4 Å². The second-order valence-corrected chi connectivity index (χ2v) is 10.9. The van der Waals surface area contributed by atoms with Gasteiger partial charge in [0.1, 0.15) is 0 Å². The first-order chi connectivity index (χ1) is 15.0. The van der Waals surface area contributed by atoms with Crippen LogP contribution >= 0.6 is 0 Å². The van der Waals surface area contributed by atoms with Crippen LogP contribution in [-0.2, 0) is 30.4 Å². The van der Waals surface area contributed by atoms with Gasteiger partial charge < -0.3 is 0 Å². The summed E-state index contributed by atoms with van der Waals surface area (Å²) in [6, 6.07) is 18.5. The molecule has 0 spiro atoms. The van der Waals surface area contributed by atoms with E-state index in [2.05, 4.69) is 0 Å². The lowest BCUT2D eigenvalue weighted by Gasteiger charge is -2.03. The maximum Gasteiger partial charge on any atom is 0.294 e. The molecule has 3 rings (SSSR count). The minimum atomic E-state index is -4.06. The lowest BCUT2D eigenvalue weighted by Crippen LogP contribution is -2.01. The van der Waals surface area contributed by atoms with Gasteiger partial charge in [-0.1, -0.05) is 48.5 Å². The molecule has 0 saturated carbocycles. The van der Waals surface area contributed by atoms with Gasteiger partial charge in [-0.15, -0.1) is 0 Å². The zero-order valence-corrected chi connectivity index (χ0v) is 20.4. The maximum atomic E-state index is 10.8. The van der Waals surface area contributed by atoms with Crippen molar-refractivity contribution in [3.63, 3.8) is 0 Å². The molecule has 0 fully saturated rings. The third-order valence-corrected chi connectivity index (χ3v) is 7.13. The largest absolute Gasteiger partial charge is 0.294 e. The second kappa shape index (κ2) is 11.5. The van der Waals surface area contributed by atoms with Crippen LogP contribution in [0.5, 0.6) is 0 Å². The zero-order valence-electron chi connectivity index (χ0n) is 17.9. The Bertz CT molecular complexity index is 1400. The van der Waals surface area contributed by atoms with Crippen LogP contribution in [0.1, 0.15) is 16.7 Å². The van der Waals surface area contributed by atoms with Gasteiger partial charge >= 0.3 is 0 Å². The fourth-order valence-corrected chi connectivity index (χ4v) is 4.47. The lowest BCUT2D eigenvalue weighted by molar-refractivity contribution is 0.480. The summed E-state index contributed by atoms with van der Waals surface area (Å²) in [5, 5.41) is 0. The predicted octanol–water partition coefficient (Wildman–Crippen LogP) is 3.73. The molecule has 0 aliphatic carbocycles. The van der Waals surface area contributed by atoms with Crippen LogP contribution in [0.15, 0.2) is 87.5 Å². The topological polar surface area (TPSA) is 163 Å². The Morgan fingerprint density at radius 2 is 0.909 bits per heavy atom. The van der Waals surface area contributed by atoms with Crippen LogP contribution < -0.4 is 0 Å². The highest BCUT2D eigenvalue weighted by atomic mass is 32.2. The van der Waals surface area contributed by atoms with Crippen LogP contribution in [0.2, 0.25) is 0 Å². The highest BCUT2D eigenvalue weighted by Crippen LogP contribution is 2.17. The molecule has 0 aliphatic heterocycles. The molecule has 33 heavy (non-hydrogen) atoms. The van der Waals surface area contributed by atoms with E-state index in [0.29, 0.717) is 11.1 Å². The molecule has 0 amide bonds. The van der Waals surface area contributed by atoms with Crippen LogP contribution in [0.4, 0.5) is 0 Å². The zero-order chi connectivity index (χ0) is 25.4. The molecule has 0 bridgehead atoms. The molecule has 180 valence electrons. The normalized spacial score (nSPS) is 11.5. The van der Waals surface area contributed by atoms with Crippen LogP contribution in [0.3, 0.4) is 0 Å². The van der Waals surface area contributed by atoms with E-state index >= 15 is 0 Å². The van der Waals surface area contributed by atoms with E-state index in [-0.39, 0.29) is 14.7 Å². The monoisotopic (exact) mass is 516 g/mol. The summed E-state index contributed by atoms with van der Waals surface area (Å²) in [6.45, 7) is 5.09. The molecule has 3 N–H and O–H groups in total. The highest BCUT2D eigenvalue weighted by molar-refractivity contribution is 7.86. The quantitative estimate of drug-likeness (QED) is 0.440. The minimum absolute atomic E-state index is 0.0116. The Labute approximate surface area is 194 Å². The van der Waals surface area contributed by atoms with Crippen molar-refractivity contribution in [2.75, 3.05) is 0 Å². The molecular formula is C21H24O9S3. The fraction of sp³-hybridized carbons (Fsp3) is 0.143. The smallest absolute Gasteiger partial charge is 0.282 e. The average molecular weight is 517 g/mol. The number of benzene rings is 3. The Morgan fingerprint density at radius 1 is 0.485 bits per heavy atom. The first kappa shape index (κ1) is 28.4. The van der Waals surface area contributed by atoms with E-state index in [1.54, 1.807) is 69.3 Å². The molecule has 0 heterocycles. The molecule has 0 unspecified atom stereocenters. The molecule has 0 aliphatic rings. The summed E-state index contributed by atoms with van der Waals surface area (Å²) < 4.78 is 89.4. The number of hydrogen-bond acceptors (Lipinski definition) is 6. The molecule has 3 aromatic carbocycles. The van der Waals surface area contributed by atoms with Gasteiger partial charge in [0.15, 0.2) is 0 Å². The van der Waals surface area contributed by atoms with Gasteiger partial charge in [-0.05, 0) is 61.7 Å². The van der Waals surface area contributed by atoms with Crippen molar-refractivity contribution in [2.45, 2.75) is 35.5 Å². The predicted molar refractivity (Wildman–Crippen MR) is 123 cm³/mol. The summed E-state index contributed by atoms with van der Waals surface area (Å²) in [5.41, 5.74) is 2.00. The van der Waals surface area contributed by atoms with E-state index in [1.807, 2.05) is 0 Å². The number of aryl methyl sites for hydroxylation is 2. The standard InChI is InChI=1S/C8H10O3S.C7H8O3S.C6H6O3S/c1-6-4-3-5-8(7(6)2)12(9,10)11;1-6-4-2-3-5-7(6)11(8,9)10;7-10(8,9)6-4-2-1-3-5-6/h3-5H,1-2H3,(H,9,10,11);2-5H,1H3,(H,8,9,10);1-5H,(H,7,8,9). The van der Waals surface area contributed by atoms with Crippen molar-refractivity contribution in [3.8, 4) is 0 Å². The summed E-state index contributed by atoms with van der Waals surface area (Å²) in [6.07, 6.45) is 0. The van der Waals surface area contributed by atoms with Gasteiger partial charge in [0, 0.05) is 0 Å². The first-order valence-electron chi connectivity index (χ1n) is 9.14. The molecule has 0 saturated heterocycles. The van der Waals surface area contributed by atoms with Crippen LogP contribution in [0.25, 0.3) is 0 Å². The van der Waals surface area contributed by atoms with Gasteiger partial charge in [0.2, 0.25) is 0 Å². The van der Waals surface area contributed by atoms with Crippen molar-refractivity contribution in [1.29, 1.82) is 0 Å². The Morgan fingerprint density at radius 3 is 1.27 bits per heavy atom. The van der Waals surface area contributed by atoms with Gasteiger partial charge in [0.05, 0.1) is 14.7 Å². The molecule has 0 atom stereocenters. The van der Waals surface area contributed by atoms with Gasteiger partial charge in [-0.2, -0.15) is 25.3 Å². The fourth-order valence-electron chi connectivity index (χ4n) is 2.44. The first-order valence-corrected chi connectivity index (χ1v) is 13.5. The summed E-state index contributed by atoms with van der Waals surface area (Å²) in [4.78, 5) is -0.113. The third-order valence-electron chi connectivity index (χ3n) is 4.25. The van der Waals surface area contributed by atoms with Crippen molar-refractivity contribution in [3.05, 3.63) is 89.5 Å². The van der Waals surface area contributed by atoms with Crippen LogP contribution in [0, 0.1) is 20.8 Å².